The molecule has 2 aromatic carbocycles. The maximum atomic E-state index is 13.7. The Morgan fingerprint density at radius 3 is 2.32 bits per heavy atom. The lowest BCUT2D eigenvalue weighted by atomic mass is 10.1. The van der Waals surface area contributed by atoms with Crippen molar-refractivity contribution in [2.45, 2.75) is 24.5 Å². The summed E-state index contributed by atoms with van der Waals surface area (Å²) in [6.45, 7) is 3.98. The standard InChI is InChI=1S/C15H16FNOS/c1-10-5-11(2)7-12(6-10)9-19(18)15-4-3-13(17)8-14(15)16/h3-8H,9,17H2,1-2H3. The fraction of sp³-hybridized carbons (Fsp3) is 0.200. The fourth-order valence-corrected chi connectivity index (χ4v) is 3.20. The Bertz CT molecular complexity index is 620. The summed E-state index contributed by atoms with van der Waals surface area (Å²) in [6, 6.07) is 10.3. The second kappa shape index (κ2) is 5.53. The summed E-state index contributed by atoms with van der Waals surface area (Å²) in [5.74, 6) is -0.202. The number of halogens is 1. The number of anilines is 1. The van der Waals surface area contributed by atoms with Crippen molar-refractivity contribution in [1.29, 1.82) is 0 Å². The molecule has 100 valence electrons. The molecule has 0 fully saturated rings. The molecule has 0 saturated carbocycles. The minimum atomic E-state index is -1.40. The normalized spacial score (nSPS) is 12.4. The Balaban J connectivity index is 2.25. The molecule has 0 bridgehead atoms. The molecule has 2 rings (SSSR count). The van der Waals surface area contributed by atoms with Gasteiger partial charge in [-0.25, -0.2) is 4.39 Å². The summed E-state index contributed by atoms with van der Waals surface area (Å²) >= 11 is 0. The van der Waals surface area contributed by atoms with Gasteiger partial charge in [-0.05, 0) is 37.6 Å². The van der Waals surface area contributed by atoms with Crippen molar-refractivity contribution in [1.82, 2.24) is 0 Å². The van der Waals surface area contributed by atoms with Crippen LogP contribution < -0.4 is 5.73 Å². The van der Waals surface area contributed by atoms with E-state index in [-0.39, 0.29) is 4.90 Å². The van der Waals surface area contributed by atoms with E-state index in [1.807, 2.05) is 26.0 Å². The Kier molecular flexibility index (Phi) is 4.00. The zero-order valence-electron chi connectivity index (χ0n) is 10.9. The molecular formula is C15H16FNOS. The molecule has 19 heavy (non-hydrogen) atoms. The van der Waals surface area contributed by atoms with Gasteiger partial charge in [0, 0.05) is 5.69 Å². The van der Waals surface area contributed by atoms with Crippen molar-refractivity contribution in [2.24, 2.45) is 0 Å². The number of nitrogens with two attached hydrogens (primary N) is 1. The van der Waals surface area contributed by atoms with Crippen LogP contribution in [0.3, 0.4) is 0 Å². The molecule has 0 aliphatic rings. The Morgan fingerprint density at radius 1 is 1.11 bits per heavy atom. The third-order valence-electron chi connectivity index (χ3n) is 2.78. The van der Waals surface area contributed by atoms with E-state index in [2.05, 4.69) is 6.07 Å². The molecule has 0 aliphatic carbocycles. The lowest BCUT2D eigenvalue weighted by Gasteiger charge is -2.07. The molecule has 1 atom stereocenters. The summed E-state index contributed by atoms with van der Waals surface area (Å²) < 4.78 is 25.9. The van der Waals surface area contributed by atoms with Crippen LogP contribution in [0.15, 0.2) is 41.3 Å². The lowest BCUT2D eigenvalue weighted by molar-refractivity contribution is 0.596. The first kappa shape index (κ1) is 13.7. The molecule has 0 spiro atoms. The van der Waals surface area contributed by atoms with Crippen molar-refractivity contribution in [3.05, 3.63) is 58.9 Å². The number of rotatable bonds is 3. The third kappa shape index (κ3) is 3.41. The van der Waals surface area contributed by atoms with E-state index in [4.69, 9.17) is 5.73 Å². The zero-order chi connectivity index (χ0) is 14.0. The number of hydrogen-bond acceptors (Lipinski definition) is 2. The van der Waals surface area contributed by atoms with Gasteiger partial charge in [-0.1, -0.05) is 29.3 Å². The van der Waals surface area contributed by atoms with Gasteiger partial charge in [0.1, 0.15) is 5.82 Å². The van der Waals surface area contributed by atoms with Crippen molar-refractivity contribution in [2.75, 3.05) is 5.73 Å². The summed E-state index contributed by atoms with van der Waals surface area (Å²) in [4.78, 5) is 0.202. The fourth-order valence-electron chi connectivity index (χ4n) is 2.08. The van der Waals surface area contributed by atoms with Gasteiger partial charge in [0.25, 0.3) is 0 Å². The summed E-state index contributed by atoms with van der Waals surface area (Å²) in [6.07, 6.45) is 0. The molecule has 0 radical (unpaired) electrons. The highest BCUT2D eigenvalue weighted by atomic mass is 32.2. The van der Waals surface area contributed by atoms with Crippen LogP contribution in [-0.2, 0) is 16.6 Å². The van der Waals surface area contributed by atoms with Crippen LogP contribution in [0.2, 0.25) is 0 Å². The highest BCUT2D eigenvalue weighted by Gasteiger charge is 2.11. The van der Waals surface area contributed by atoms with E-state index in [1.165, 1.54) is 12.1 Å². The third-order valence-corrected chi connectivity index (χ3v) is 4.20. The van der Waals surface area contributed by atoms with Gasteiger partial charge in [0.2, 0.25) is 0 Å². The van der Waals surface area contributed by atoms with Gasteiger partial charge in [-0.3, -0.25) is 4.21 Å². The van der Waals surface area contributed by atoms with Crippen LogP contribution in [0.4, 0.5) is 10.1 Å². The van der Waals surface area contributed by atoms with E-state index < -0.39 is 16.6 Å². The monoisotopic (exact) mass is 277 g/mol. The highest BCUT2D eigenvalue weighted by molar-refractivity contribution is 7.84. The number of aryl methyl sites for hydroxylation is 2. The predicted molar refractivity (Wildman–Crippen MR) is 76.8 cm³/mol. The van der Waals surface area contributed by atoms with Crippen LogP contribution >= 0.6 is 0 Å². The predicted octanol–water partition coefficient (Wildman–Crippen LogP) is 3.33. The molecule has 2 nitrogen and oxygen atoms in total. The Hall–Kier alpha value is -1.68. The van der Waals surface area contributed by atoms with Crippen molar-refractivity contribution >= 4 is 16.5 Å². The molecule has 4 heteroatoms. The van der Waals surface area contributed by atoms with Gasteiger partial charge in [0.05, 0.1) is 21.4 Å². The quantitative estimate of drug-likeness (QED) is 0.874. The molecule has 0 aromatic heterocycles. The molecule has 2 N–H and O–H groups in total. The zero-order valence-corrected chi connectivity index (χ0v) is 11.8. The molecule has 0 saturated heterocycles. The Labute approximate surface area is 114 Å². The SMILES string of the molecule is Cc1cc(C)cc(CS(=O)c2ccc(N)cc2F)c1. The number of hydrogen-bond donors (Lipinski definition) is 1. The maximum Gasteiger partial charge on any atom is 0.141 e. The first-order valence-corrected chi connectivity index (χ1v) is 7.28. The number of nitrogen functional groups attached to an aromatic ring is 1. The van der Waals surface area contributed by atoms with Gasteiger partial charge >= 0.3 is 0 Å². The Morgan fingerprint density at radius 2 is 1.74 bits per heavy atom. The first-order valence-electron chi connectivity index (χ1n) is 5.96. The van der Waals surface area contributed by atoms with Crippen LogP contribution in [-0.4, -0.2) is 4.21 Å². The summed E-state index contributed by atoms with van der Waals surface area (Å²) in [7, 11) is -1.40. The van der Waals surface area contributed by atoms with Crippen LogP contribution in [0.25, 0.3) is 0 Å². The topological polar surface area (TPSA) is 43.1 Å². The minimum Gasteiger partial charge on any atom is -0.399 e. The largest absolute Gasteiger partial charge is 0.399 e. The molecule has 0 aliphatic heterocycles. The average Bonchev–Trinajstić information content (AvgIpc) is 2.26. The van der Waals surface area contributed by atoms with Gasteiger partial charge < -0.3 is 5.73 Å². The molecule has 0 heterocycles. The summed E-state index contributed by atoms with van der Waals surface area (Å²) in [5.41, 5.74) is 9.00. The molecule has 0 amide bonds. The second-order valence-electron chi connectivity index (χ2n) is 4.68. The van der Waals surface area contributed by atoms with Gasteiger partial charge in [-0.15, -0.1) is 0 Å². The van der Waals surface area contributed by atoms with Gasteiger partial charge in [-0.2, -0.15) is 0 Å². The highest BCUT2D eigenvalue weighted by Crippen LogP contribution is 2.19. The number of benzene rings is 2. The van der Waals surface area contributed by atoms with Crippen molar-refractivity contribution in [3.63, 3.8) is 0 Å². The lowest BCUT2D eigenvalue weighted by Crippen LogP contribution is -2.01. The van der Waals surface area contributed by atoms with E-state index in [0.29, 0.717) is 11.4 Å². The van der Waals surface area contributed by atoms with E-state index >= 15 is 0 Å². The maximum absolute atomic E-state index is 13.7. The average molecular weight is 277 g/mol. The van der Waals surface area contributed by atoms with E-state index in [9.17, 15) is 8.60 Å². The molecule has 1 unspecified atom stereocenters. The van der Waals surface area contributed by atoms with Crippen LogP contribution in [0, 0.1) is 19.7 Å². The van der Waals surface area contributed by atoms with Crippen LogP contribution in [0.5, 0.6) is 0 Å². The van der Waals surface area contributed by atoms with Gasteiger partial charge in [0.15, 0.2) is 0 Å². The van der Waals surface area contributed by atoms with Crippen molar-refractivity contribution < 1.29 is 8.60 Å². The first-order chi connectivity index (χ1) is 8.95. The molecule has 2 aromatic rings. The smallest absolute Gasteiger partial charge is 0.141 e. The van der Waals surface area contributed by atoms with E-state index in [0.717, 1.165) is 16.7 Å². The second-order valence-corrected chi connectivity index (χ2v) is 6.10. The molecular weight excluding hydrogens is 261 g/mol. The van der Waals surface area contributed by atoms with Crippen molar-refractivity contribution in [3.8, 4) is 0 Å². The van der Waals surface area contributed by atoms with E-state index in [1.54, 1.807) is 6.07 Å². The van der Waals surface area contributed by atoms with Crippen LogP contribution in [0.1, 0.15) is 16.7 Å². The summed E-state index contributed by atoms with van der Waals surface area (Å²) in [5, 5.41) is 0. The minimum absolute atomic E-state index is 0.202.